The Bertz CT molecular complexity index is 1060. The third-order valence-electron chi connectivity index (χ3n) is 5.26. The molecular formula is C22H32N6O2. The molecule has 0 bridgehead atoms. The van der Waals surface area contributed by atoms with Crippen molar-refractivity contribution in [3.8, 4) is 0 Å². The van der Waals surface area contributed by atoms with Gasteiger partial charge in [-0.2, -0.15) is 0 Å². The lowest BCUT2D eigenvalue weighted by molar-refractivity contribution is 0.101. The summed E-state index contributed by atoms with van der Waals surface area (Å²) in [4.78, 5) is 17.8. The Morgan fingerprint density at radius 3 is 2.60 bits per heavy atom. The lowest BCUT2D eigenvalue weighted by Gasteiger charge is -2.34. The number of pyridine rings is 1. The maximum atomic E-state index is 12.8. The van der Waals surface area contributed by atoms with E-state index in [-0.39, 0.29) is 29.7 Å². The number of aliphatic hydroxyl groups is 1. The first-order valence-corrected chi connectivity index (χ1v) is 10.4. The molecule has 0 aliphatic carbocycles. The van der Waals surface area contributed by atoms with Gasteiger partial charge in [0.1, 0.15) is 0 Å². The molecule has 0 saturated heterocycles. The second-order valence-electron chi connectivity index (χ2n) is 9.22. The molecule has 0 saturated carbocycles. The Morgan fingerprint density at radius 1 is 1.23 bits per heavy atom. The van der Waals surface area contributed by atoms with E-state index in [9.17, 15) is 9.90 Å². The number of benzene rings is 1. The quantitative estimate of drug-likeness (QED) is 0.619. The van der Waals surface area contributed by atoms with E-state index in [1.54, 1.807) is 0 Å². The number of rotatable bonds is 7. The van der Waals surface area contributed by atoms with Crippen LogP contribution in [0.15, 0.2) is 29.1 Å². The molecule has 1 atom stereocenters. The highest BCUT2D eigenvalue weighted by Gasteiger charge is 2.32. The summed E-state index contributed by atoms with van der Waals surface area (Å²) in [7, 11) is 0. The largest absolute Gasteiger partial charge is 0.395 e. The van der Waals surface area contributed by atoms with Gasteiger partial charge in [-0.1, -0.05) is 25.5 Å². The number of aliphatic hydroxyl groups excluding tert-OH is 1. The molecule has 0 unspecified atom stereocenters. The third kappa shape index (κ3) is 4.60. The van der Waals surface area contributed by atoms with Crippen LogP contribution in [-0.4, -0.2) is 48.3 Å². The summed E-state index contributed by atoms with van der Waals surface area (Å²) < 4.78 is 1.83. The second kappa shape index (κ2) is 8.65. The number of hydrogen-bond donors (Lipinski definition) is 2. The molecule has 1 aromatic carbocycles. The number of H-pyrrole nitrogens is 1. The lowest BCUT2D eigenvalue weighted by Crippen LogP contribution is -2.39. The van der Waals surface area contributed by atoms with Crippen molar-refractivity contribution < 1.29 is 5.11 Å². The van der Waals surface area contributed by atoms with Crippen molar-refractivity contribution in [1.82, 2.24) is 30.1 Å². The van der Waals surface area contributed by atoms with Gasteiger partial charge in [0.25, 0.3) is 5.56 Å². The normalized spacial score (nSPS) is 13.5. The first kappa shape index (κ1) is 22.1. The van der Waals surface area contributed by atoms with Crippen LogP contribution < -0.4 is 5.56 Å². The summed E-state index contributed by atoms with van der Waals surface area (Å²) in [5, 5.41) is 23.2. The van der Waals surface area contributed by atoms with Crippen molar-refractivity contribution in [3.63, 3.8) is 0 Å². The van der Waals surface area contributed by atoms with E-state index in [4.69, 9.17) is 0 Å². The van der Waals surface area contributed by atoms with Gasteiger partial charge in [-0.25, -0.2) is 4.68 Å². The minimum Gasteiger partial charge on any atom is -0.395 e. The van der Waals surface area contributed by atoms with Gasteiger partial charge in [-0.05, 0) is 67.6 Å². The molecule has 8 nitrogen and oxygen atoms in total. The minimum absolute atomic E-state index is 0.0229. The first-order chi connectivity index (χ1) is 14.1. The van der Waals surface area contributed by atoms with Crippen LogP contribution in [0, 0.1) is 12.8 Å². The Kier molecular flexibility index (Phi) is 6.38. The van der Waals surface area contributed by atoms with Gasteiger partial charge in [0.2, 0.25) is 0 Å². The molecule has 30 heavy (non-hydrogen) atoms. The van der Waals surface area contributed by atoms with E-state index in [0.29, 0.717) is 18.7 Å². The van der Waals surface area contributed by atoms with Crippen LogP contribution in [0.3, 0.4) is 0 Å². The monoisotopic (exact) mass is 412 g/mol. The molecule has 2 aromatic heterocycles. The first-order valence-electron chi connectivity index (χ1n) is 10.4. The van der Waals surface area contributed by atoms with Crippen LogP contribution in [0.4, 0.5) is 0 Å². The second-order valence-corrected chi connectivity index (χ2v) is 9.22. The SMILES string of the molecule is Cc1ccc2[nH]c(=O)c(CN(CCO)[C@H](c3nnnn3C(C)(C)C)C(C)C)cc2c1. The zero-order valence-electron chi connectivity index (χ0n) is 18.7. The predicted molar refractivity (Wildman–Crippen MR) is 117 cm³/mol. The summed E-state index contributed by atoms with van der Waals surface area (Å²) in [6, 6.07) is 7.76. The minimum atomic E-state index is -0.283. The molecule has 0 aliphatic rings. The highest BCUT2D eigenvalue weighted by molar-refractivity contribution is 5.79. The van der Waals surface area contributed by atoms with Gasteiger partial charge in [0.05, 0.1) is 18.2 Å². The Hall–Kier alpha value is -2.58. The molecule has 0 radical (unpaired) electrons. The molecule has 8 heteroatoms. The van der Waals surface area contributed by atoms with Gasteiger partial charge >= 0.3 is 0 Å². The molecular weight excluding hydrogens is 380 g/mol. The van der Waals surface area contributed by atoms with Crippen molar-refractivity contribution in [2.45, 2.75) is 59.7 Å². The fourth-order valence-corrected chi connectivity index (χ4v) is 3.89. The van der Waals surface area contributed by atoms with Crippen molar-refractivity contribution in [2.75, 3.05) is 13.2 Å². The van der Waals surface area contributed by atoms with Gasteiger partial charge in [0.15, 0.2) is 5.82 Å². The number of nitrogens with one attached hydrogen (secondary N) is 1. The lowest BCUT2D eigenvalue weighted by atomic mass is 9.99. The summed E-state index contributed by atoms with van der Waals surface area (Å²) in [5.41, 5.74) is 2.21. The topological polar surface area (TPSA) is 99.9 Å². The Labute approximate surface area is 176 Å². The van der Waals surface area contributed by atoms with Crippen LogP contribution >= 0.6 is 0 Å². The zero-order valence-corrected chi connectivity index (χ0v) is 18.7. The molecule has 2 heterocycles. The predicted octanol–water partition coefficient (Wildman–Crippen LogP) is 2.77. The standard InChI is InChI=1S/C22H32N6O2/c1-14(2)19(20-24-25-26-28(20)22(4,5)6)27(9-10-29)13-17-12-16-11-15(3)7-8-18(16)23-21(17)30/h7-8,11-12,14,19,29H,9-10,13H2,1-6H3,(H,23,30)/t19-/m0/s1. The van der Waals surface area contributed by atoms with Crippen molar-refractivity contribution in [2.24, 2.45) is 5.92 Å². The van der Waals surface area contributed by atoms with Crippen molar-refractivity contribution >= 4 is 10.9 Å². The van der Waals surface area contributed by atoms with E-state index in [2.05, 4.69) is 66.1 Å². The van der Waals surface area contributed by atoms with Gasteiger partial charge in [0, 0.05) is 24.2 Å². The van der Waals surface area contributed by atoms with Gasteiger partial charge in [-0.15, -0.1) is 5.10 Å². The summed E-state index contributed by atoms with van der Waals surface area (Å²) in [5.74, 6) is 0.907. The summed E-state index contributed by atoms with van der Waals surface area (Å²) in [6.07, 6.45) is 0. The molecule has 162 valence electrons. The highest BCUT2D eigenvalue weighted by atomic mass is 16.3. The van der Waals surface area contributed by atoms with E-state index in [1.165, 1.54) is 0 Å². The number of aromatic nitrogens is 5. The molecule has 0 aliphatic heterocycles. The maximum Gasteiger partial charge on any atom is 0.252 e. The van der Waals surface area contributed by atoms with E-state index in [1.807, 2.05) is 29.8 Å². The van der Waals surface area contributed by atoms with Gasteiger partial charge in [-0.3, -0.25) is 9.69 Å². The fraction of sp³-hybridized carbons (Fsp3) is 0.545. The molecule has 0 spiro atoms. The fourth-order valence-electron chi connectivity index (χ4n) is 3.89. The summed E-state index contributed by atoms with van der Waals surface area (Å²) >= 11 is 0. The molecule has 3 rings (SSSR count). The smallest absolute Gasteiger partial charge is 0.252 e. The van der Waals surface area contributed by atoms with Crippen LogP contribution in [0.1, 0.15) is 57.6 Å². The average Bonchev–Trinajstić information content (AvgIpc) is 3.12. The molecule has 0 amide bonds. The number of aromatic amines is 1. The number of aryl methyl sites for hydroxylation is 1. The van der Waals surface area contributed by atoms with Crippen LogP contribution in [-0.2, 0) is 12.1 Å². The van der Waals surface area contributed by atoms with Gasteiger partial charge < -0.3 is 10.1 Å². The van der Waals surface area contributed by atoms with E-state index >= 15 is 0 Å². The Balaban J connectivity index is 2.04. The average molecular weight is 413 g/mol. The molecule has 2 N–H and O–H groups in total. The molecule has 0 fully saturated rings. The van der Waals surface area contributed by atoms with Crippen LogP contribution in [0.2, 0.25) is 0 Å². The summed E-state index contributed by atoms with van der Waals surface area (Å²) in [6.45, 7) is 13.2. The zero-order chi connectivity index (χ0) is 22.1. The highest BCUT2D eigenvalue weighted by Crippen LogP contribution is 2.30. The third-order valence-corrected chi connectivity index (χ3v) is 5.26. The van der Waals surface area contributed by atoms with Crippen LogP contribution in [0.5, 0.6) is 0 Å². The van der Waals surface area contributed by atoms with E-state index in [0.717, 1.165) is 22.3 Å². The maximum absolute atomic E-state index is 12.8. The molecule has 3 aromatic rings. The Morgan fingerprint density at radius 2 is 1.97 bits per heavy atom. The van der Waals surface area contributed by atoms with Crippen LogP contribution in [0.25, 0.3) is 10.9 Å². The number of hydrogen-bond acceptors (Lipinski definition) is 6. The van der Waals surface area contributed by atoms with Crippen molar-refractivity contribution in [1.29, 1.82) is 0 Å². The van der Waals surface area contributed by atoms with E-state index < -0.39 is 0 Å². The number of tetrazole rings is 1. The number of fused-ring (bicyclic) bond motifs is 1. The van der Waals surface area contributed by atoms with Crippen molar-refractivity contribution in [3.05, 3.63) is 51.6 Å². The number of nitrogens with zero attached hydrogens (tertiary/aromatic N) is 5.